The Morgan fingerprint density at radius 3 is 1.72 bits per heavy atom. The highest BCUT2D eigenvalue weighted by molar-refractivity contribution is 6.09. The van der Waals surface area contributed by atoms with Gasteiger partial charge in [0, 0.05) is 56.0 Å². The molecule has 3 heteroatoms. The molecular formula is C66H44N2O. The van der Waals surface area contributed by atoms with E-state index in [1.54, 1.807) is 0 Å². The molecule has 10 aromatic carbocycles. The van der Waals surface area contributed by atoms with Crippen LogP contribution in [0.1, 0.15) is 23.0 Å². The zero-order valence-electron chi connectivity index (χ0n) is 37.7. The lowest BCUT2D eigenvalue weighted by Gasteiger charge is -2.35. The van der Waals surface area contributed by atoms with Crippen LogP contribution in [-0.2, 0) is 0 Å². The molecule has 0 saturated carbocycles. The van der Waals surface area contributed by atoms with Gasteiger partial charge in [-0.3, -0.25) is 0 Å². The van der Waals surface area contributed by atoms with Gasteiger partial charge in [-0.05, 0) is 129 Å². The van der Waals surface area contributed by atoms with Crippen molar-refractivity contribution >= 4 is 60.8 Å². The van der Waals surface area contributed by atoms with Crippen molar-refractivity contribution in [3.05, 3.63) is 266 Å². The van der Waals surface area contributed by atoms with Crippen molar-refractivity contribution in [1.29, 1.82) is 0 Å². The Morgan fingerprint density at radius 2 is 0.928 bits per heavy atom. The highest BCUT2D eigenvalue weighted by Crippen LogP contribution is 2.52. The molecule has 0 bridgehead atoms. The van der Waals surface area contributed by atoms with Gasteiger partial charge in [0.05, 0.1) is 16.7 Å². The minimum Gasteiger partial charge on any atom is -0.456 e. The van der Waals surface area contributed by atoms with Gasteiger partial charge in [0.2, 0.25) is 0 Å². The fourth-order valence-electron chi connectivity index (χ4n) is 11.4. The molecule has 2 heterocycles. The van der Waals surface area contributed by atoms with E-state index in [4.69, 9.17) is 4.42 Å². The maximum Gasteiger partial charge on any atom is 0.136 e. The van der Waals surface area contributed by atoms with E-state index in [1.807, 2.05) is 12.1 Å². The quantitative estimate of drug-likeness (QED) is 0.159. The SMILES string of the molecule is C1=CC2c3ccccc3-c3ccc(N(c4ccc(-c5cccc(-c6cccc(-n7c8ccccc8c8ccccc87)c6)c5)cc4)c4ccccc4-c4ccc5c(c4)oc4ccccc45)cc3C2C=C1. The summed E-state index contributed by atoms with van der Waals surface area (Å²) in [6.07, 6.45) is 9.17. The summed E-state index contributed by atoms with van der Waals surface area (Å²) in [6, 6.07) is 84.2. The zero-order chi connectivity index (χ0) is 45.4. The second-order valence-electron chi connectivity index (χ2n) is 18.4. The van der Waals surface area contributed by atoms with Gasteiger partial charge in [-0.2, -0.15) is 0 Å². The van der Waals surface area contributed by atoms with E-state index < -0.39 is 0 Å². The van der Waals surface area contributed by atoms with Crippen LogP contribution in [-0.4, -0.2) is 4.57 Å². The van der Waals surface area contributed by atoms with E-state index in [1.165, 1.54) is 60.8 Å². The van der Waals surface area contributed by atoms with Crippen molar-refractivity contribution < 1.29 is 4.42 Å². The monoisotopic (exact) mass is 880 g/mol. The molecule has 324 valence electrons. The van der Waals surface area contributed by atoms with Crippen molar-refractivity contribution in [2.45, 2.75) is 11.8 Å². The van der Waals surface area contributed by atoms with Gasteiger partial charge in [-0.1, -0.05) is 176 Å². The van der Waals surface area contributed by atoms with Crippen molar-refractivity contribution in [1.82, 2.24) is 4.57 Å². The summed E-state index contributed by atoms with van der Waals surface area (Å²) in [5.41, 5.74) is 20.9. The number of aromatic nitrogens is 1. The normalized spacial score (nSPS) is 14.8. The van der Waals surface area contributed by atoms with E-state index in [9.17, 15) is 0 Å². The largest absolute Gasteiger partial charge is 0.456 e. The Labute approximate surface area is 400 Å². The summed E-state index contributed by atoms with van der Waals surface area (Å²) < 4.78 is 8.83. The number of benzene rings is 10. The molecular weight excluding hydrogens is 837 g/mol. The molecule has 0 amide bonds. The molecule has 0 radical (unpaired) electrons. The standard InChI is InChI=1S/C66H44N2O/c1-2-22-54-52(20-1)53-21-3-4-23-55(53)61-42-50(36-38-56(54)61)67(62-27-9-5-19-51(62)47-33-37-60-59-26-8-12-30-65(59)69-66(60)41-47)48-34-31-43(32-35-48)44-15-13-16-45(39-44)46-17-14-18-49(40-46)68-63-28-10-6-24-57(63)58-25-7-11-29-64(58)68/h1-42,53,55H. The number of fused-ring (bicyclic) bond motifs is 12. The summed E-state index contributed by atoms with van der Waals surface area (Å²) in [6.45, 7) is 0. The molecule has 12 aromatic rings. The molecule has 0 aliphatic heterocycles. The van der Waals surface area contributed by atoms with E-state index in [0.717, 1.165) is 61.4 Å². The Kier molecular flexibility index (Phi) is 9.03. The predicted octanol–water partition coefficient (Wildman–Crippen LogP) is 18.1. The average Bonchev–Trinajstić information content (AvgIpc) is 3.97. The molecule has 0 spiro atoms. The fourth-order valence-corrected chi connectivity index (χ4v) is 11.4. The Balaban J connectivity index is 0.875. The minimum atomic E-state index is 0.241. The van der Waals surface area contributed by atoms with Gasteiger partial charge >= 0.3 is 0 Å². The number of allylic oxidation sites excluding steroid dienone is 4. The van der Waals surface area contributed by atoms with Crippen LogP contribution >= 0.6 is 0 Å². The molecule has 69 heavy (non-hydrogen) atoms. The van der Waals surface area contributed by atoms with Crippen LogP contribution in [0.15, 0.2) is 259 Å². The molecule has 14 rings (SSSR count). The molecule has 2 aromatic heterocycles. The number of nitrogens with zero attached hydrogens (tertiary/aromatic N) is 2. The lowest BCUT2D eigenvalue weighted by molar-refractivity contribution is 0.669. The van der Waals surface area contributed by atoms with Crippen molar-refractivity contribution in [2.75, 3.05) is 4.90 Å². The molecule has 3 nitrogen and oxygen atoms in total. The Bertz CT molecular complexity index is 4000. The van der Waals surface area contributed by atoms with Gasteiger partial charge in [0.15, 0.2) is 0 Å². The van der Waals surface area contributed by atoms with Crippen molar-refractivity contribution in [3.63, 3.8) is 0 Å². The number of anilines is 3. The second kappa shape index (κ2) is 15.9. The van der Waals surface area contributed by atoms with Crippen LogP contribution in [0, 0.1) is 0 Å². The minimum absolute atomic E-state index is 0.241. The second-order valence-corrected chi connectivity index (χ2v) is 18.4. The van der Waals surface area contributed by atoms with Gasteiger partial charge < -0.3 is 13.9 Å². The highest BCUT2D eigenvalue weighted by Gasteiger charge is 2.32. The fraction of sp³-hybridized carbons (Fsp3) is 0.0303. The summed E-state index contributed by atoms with van der Waals surface area (Å²) in [5.74, 6) is 0.529. The molecule has 0 fully saturated rings. The molecule has 0 saturated heterocycles. The van der Waals surface area contributed by atoms with Crippen LogP contribution in [0.5, 0.6) is 0 Å². The van der Waals surface area contributed by atoms with Crippen molar-refractivity contribution in [3.8, 4) is 50.2 Å². The van der Waals surface area contributed by atoms with Gasteiger partial charge in [0.1, 0.15) is 11.2 Å². The van der Waals surface area contributed by atoms with Gasteiger partial charge in [-0.15, -0.1) is 0 Å². The first-order chi connectivity index (χ1) is 34.2. The third kappa shape index (κ3) is 6.43. The molecule has 2 aliphatic carbocycles. The molecule has 2 aliphatic rings. The first-order valence-corrected chi connectivity index (χ1v) is 23.9. The van der Waals surface area contributed by atoms with Crippen LogP contribution in [0.2, 0.25) is 0 Å². The lowest BCUT2D eigenvalue weighted by Crippen LogP contribution is -2.18. The van der Waals surface area contributed by atoms with E-state index in [2.05, 4.69) is 252 Å². The summed E-state index contributed by atoms with van der Waals surface area (Å²) >= 11 is 0. The average molecular weight is 881 g/mol. The maximum atomic E-state index is 6.44. The highest BCUT2D eigenvalue weighted by atomic mass is 16.3. The predicted molar refractivity (Wildman–Crippen MR) is 288 cm³/mol. The third-order valence-electron chi connectivity index (χ3n) is 14.6. The van der Waals surface area contributed by atoms with Crippen molar-refractivity contribution in [2.24, 2.45) is 0 Å². The summed E-state index contributed by atoms with van der Waals surface area (Å²) in [5, 5.41) is 4.78. The van der Waals surface area contributed by atoms with E-state index >= 15 is 0 Å². The smallest absolute Gasteiger partial charge is 0.136 e. The van der Waals surface area contributed by atoms with Crippen LogP contribution in [0.25, 0.3) is 93.9 Å². The van der Waals surface area contributed by atoms with Crippen LogP contribution in [0.4, 0.5) is 17.1 Å². The number of rotatable bonds is 7. The Morgan fingerprint density at radius 1 is 0.348 bits per heavy atom. The van der Waals surface area contributed by atoms with E-state index in [0.29, 0.717) is 0 Å². The van der Waals surface area contributed by atoms with E-state index in [-0.39, 0.29) is 11.8 Å². The van der Waals surface area contributed by atoms with Crippen LogP contribution < -0.4 is 4.90 Å². The lowest BCUT2D eigenvalue weighted by atomic mass is 9.70. The first kappa shape index (κ1) is 39.3. The number of furan rings is 1. The molecule has 2 unspecified atom stereocenters. The summed E-state index contributed by atoms with van der Waals surface area (Å²) in [4.78, 5) is 2.44. The zero-order valence-corrected chi connectivity index (χ0v) is 37.7. The number of hydrogen-bond acceptors (Lipinski definition) is 2. The molecule has 2 atom stereocenters. The van der Waals surface area contributed by atoms with Gasteiger partial charge in [0.25, 0.3) is 0 Å². The first-order valence-electron chi connectivity index (χ1n) is 23.9. The summed E-state index contributed by atoms with van der Waals surface area (Å²) in [7, 11) is 0. The van der Waals surface area contributed by atoms with Crippen LogP contribution in [0.3, 0.4) is 0 Å². The Hall–Kier alpha value is -8.92. The number of para-hydroxylation sites is 4. The third-order valence-corrected chi connectivity index (χ3v) is 14.6. The topological polar surface area (TPSA) is 21.3 Å². The van der Waals surface area contributed by atoms with Gasteiger partial charge in [-0.25, -0.2) is 0 Å². The molecule has 0 N–H and O–H groups in total. The number of hydrogen-bond donors (Lipinski definition) is 0. The maximum absolute atomic E-state index is 6.44.